The predicted molar refractivity (Wildman–Crippen MR) is 163 cm³/mol. The lowest BCUT2D eigenvalue weighted by Crippen LogP contribution is -2.58. The molecule has 10 atom stereocenters. The Morgan fingerprint density at radius 3 is 1.73 bits per heavy atom. The molecule has 2 aromatic heterocycles. The maximum Gasteiger partial charge on any atom is 0.472 e. The van der Waals surface area contributed by atoms with E-state index in [1.807, 2.05) is 19.9 Å². The average molecular weight is 729 g/mol. The van der Waals surface area contributed by atoms with Gasteiger partial charge in [-0.3, -0.25) is 27.3 Å². The lowest BCUT2D eigenvalue weighted by molar-refractivity contribution is -0.147. The van der Waals surface area contributed by atoms with E-state index in [1.165, 1.54) is 25.3 Å². The molecule has 0 aliphatic carbocycles. The van der Waals surface area contributed by atoms with Crippen molar-refractivity contribution in [3.05, 3.63) is 45.5 Å². The van der Waals surface area contributed by atoms with Gasteiger partial charge in [-0.15, -0.1) is 0 Å². The number of hydrogen-bond donors (Lipinski definition) is 5. The zero-order valence-corrected chi connectivity index (χ0v) is 28.3. The Morgan fingerprint density at radius 2 is 1.33 bits per heavy atom. The monoisotopic (exact) mass is 728 g/mol. The van der Waals surface area contributed by atoms with E-state index in [0.29, 0.717) is 0 Å². The van der Waals surface area contributed by atoms with Gasteiger partial charge in [-0.1, -0.05) is 13.8 Å². The topological polar surface area (TPSA) is 320 Å². The summed E-state index contributed by atoms with van der Waals surface area (Å²) in [6, 6.07) is 6.14. The van der Waals surface area contributed by atoms with Crippen LogP contribution < -0.4 is 22.8 Å². The molecule has 23 heteroatoms. The highest BCUT2D eigenvalue weighted by Crippen LogP contribution is 2.60. The van der Waals surface area contributed by atoms with Crippen LogP contribution >= 0.6 is 15.4 Å². The van der Waals surface area contributed by atoms with E-state index in [1.54, 1.807) is 6.07 Å². The van der Waals surface area contributed by atoms with E-state index in [9.17, 15) is 44.3 Å². The van der Waals surface area contributed by atoms with Crippen molar-refractivity contribution in [2.24, 2.45) is 5.92 Å². The SMILES string of the molecule is CC(C)CP1(=O)OC[C@H]2O[C@@](C#N)(n3ccc(N)nc3=O)[C@](C)(O)[C@@H]2O1.C[C@@]1(O)[C@@H]2OP(=O)(O)OC[C@H]2O[C@@]1(C#N)n1ccc(N)nc1=O. The molecule has 7 N–H and O–H groups in total. The Bertz CT molecular complexity index is 1940. The third kappa shape index (κ3) is 6.01. The van der Waals surface area contributed by atoms with Crippen molar-refractivity contribution >= 4 is 27.1 Å². The van der Waals surface area contributed by atoms with Gasteiger partial charge in [0.15, 0.2) is 11.2 Å². The zero-order valence-electron chi connectivity index (χ0n) is 26.5. The molecule has 4 aliphatic heterocycles. The van der Waals surface area contributed by atoms with E-state index >= 15 is 0 Å². The standard InChI is InChI=1S/C15H21N4O6P.C11H13N4O7P/c1-9(2)7-26(22)23-6-10-12(25-26)14(3,21)15(8-16,24-10)19-5-4-11(17)18-13(19)20;1-10(17)8-6(4-20-23(18,19)22-8)21-11(10,5-12)15-3-2-7(13)14-9(15)16/h4-5,9-10,12,21H,6-7H2,1-3H3,(H2,17,18,20);2-3,6,8,17H,4H2,1H3,(H,18,19)(H2,13,14,16)/t10-,12-,14-,15-,26?;6-,8-,10-,11-/m11/s1. The average Bonchev–Trinajstić information content (AvgIpc) is 3.35. The molecule has 0 aromatic carbocycles. The number of rotatable bonds is 4. The van der Waals surface area contributed by atoms with Crippen molar-refractivity contribution in [2.75, 3.05) is 30.8 Å². The number of hydrogen-bond acceptors (Lipinski definition) is 18. The molecule has 0 amide bonds. The number of nitrogen functional groups attached to an aromatic ring is 2. The van der Waals surface area contributed by atoms with Gasteiger partial charge >= 0.3 is 26.8 Å². The quantitative estimate of drug-likeness (QED) is 0.238. The van der Waals surface area contributed by atoms with Gasteiger partial charge in [-0.25, -0.2) is 14.2 Å². The molecule has 0 spiro atoms. The Hall–Kier alpha value is -3.56. The van der Waals surface area contributed by atoms with Gasteiger partial charge in [0.1, 0.15) is 48.2 Å². The van der Waals surface area contributed by atoms with Crippen molar-refractivity contribution in [3.63, 3.8) is 0 Å². The summed E-state index contributed by atoms with van der Waals surface area (Å²) >= 11 is 0. The highest BCUT2D eigenvalue weighted by Gasteiger charge is 2.70. The molecule has 4 fully saturated rings. The van der Waals surface area contributed by atoms with Crippen LogP contribution in [0.15, 0.2) is 34.1 Å². The first-order valence-corrected chi connectivity index (χ1v) is 17.8. The molecular weight excluding hydrogens is 694 g/mol. The molecule has 266 valence electrons. The summed E-state index contributed by atoms with van der Waals surface area (Å²) in [5.74, 6) is -0.0708. The minimum absolute atomic E-state index is 0.0320. The first-order chi connectivity index (χ1) is 22.7. The fourth-order valence-corrected chi connectivity index (χ4v) is 9.30. The molecule has 49 heavy (non-hydrogen) atoms. The van der Waals surface area contributed by atoms with Crippen molar-refractivity contribution in [1.82, 2.24) is 19.1 Å². The summed E-state index contributed by atoms with van der Waals surface area (Å²) in [5.41, 5.74) is 0.599. The molecule has 4 saturated heterocycles. The van der Waals surface area contributed by atoms with Crippen LogP contribution in [0.3, 0.4) is 0 Å². The maximum atomic E-state index is 12.8. The zero-order chi connectivity index (χ0) is 36.4. The number of aliphatic hydroxyl groups is 2. The Labute approximate surface area is 277 Å². The van der Waals surface area contributed by atoms with Gasteiger partial charge in [0, 0.05) is 12.4 Å². The van der Waals surface area contributed by atoms with Gasteiger partial charge in [-0.05, 0) is 31.9 Å². The highest BCUT2D eigenvalue weighted by atomic mass is 31.2. The van der Waals surface area contributed by atoms with E-state index < -0.39 is 80.5 Å². The molecule has 0 saturated carbocycles. The molecule has 0 radical (unpaired) electrons. The molecule has 2 aromatic rings. The van der Waals surface area contributed by atoms with Crippen LogP contribution in [0, 0.1) is 28.6 Å². The van der Waals surface area contributed by atoms with Crippen molar-refractivity contribution in [3.8, 4) is 12.1 Å². The number of fused-ring (bicyclic) bond motifs is 2. The third-order valence-electron chi connectivity index (χ3n) is 8.38. The lowest BCUT2D eigenvalue weighted by Gasteiger charge is -2.38. The fourth-order valence-electron chi connectivity index (χ4n) is 6.07. The van der Waals surface area contributed by atoms with Crippen LogP contribution in [0.2, 0.25) is 0 Å². The number of aromatic nitrogens is 4. The summed E-state index contributed by atoms with van der Waals surface area (Å²) < 4.78 is 57.7. The summed E-state index contributed by atoms with van der Waals surface area (Å²) in [5, 5.41) is 41.3. The largest absolute Gasteiger partial charge is 0.472 e. The minimum atomic E-state index is -4.39. The Morgan fingerprint density at radius 1 is 0.898 bits per heavy atom. The van der Waals surface area contributed by atoms with Gasteiger partial charge in [-0.2, -0.15) is 20.5 Å². The van der Waals surface area contributed by atoms with E-state index in [-0.39, 0.29) is 30.3 Å². The number of ether oxygens (including phenoxy) is 2. The van der Waals surface area contributed by atoms with Crippen LogP contribution in [-0.4, -0.2) is 89.2 Å². The predicted octanol–water partition coefficient (Wildman–Crippen LogP) is -0.916. The first-order valence-electron chi connectivity index (χ1n) is 14.6. The maximum absolute atomic E-state index is 12.8. The summed E-state index contributed by atoms with van der Waals surface area (Å²) in [6.07, 6.45) is -1.89. The number of phosphoric ester groups is 1. The number of nitrogens with zero attached hydrogens (tertiary/aromatic N) is 6. The van der Waals surface area contributed by atoms with E-state index in [0.717, 1.165) is 22.3 Å². The van der Waals surface area contributed by atoms with E-state index in [2.05, 4.69) is 14.5 Å². The van der Waals surface area contributed by atoms with Gasteiger partial charge < -0.3 is 40.6 Å². The summed E-state index contributed by atoms with van der Waals surface area (Å²) in [6.45, 7) is 5.66. The number of phosphoric acid groups is 1. The van der Waals surface area contributed by atoms with Crippen LogP contribution in [0.5, 0.6) is 0 Å². The lowest BCUT2D eigenvalue weighted by atomic mass is 9.88. The smallest absolute Gasteiger partial charge is 0.383 e. The second-order valence-corrected chi connectivity index (χ2v) is 15.9. The summed E-state index contributed by atoms with van der Waals surface area (Å²) in [7, 11) is -7.86. The molecule has 2 unspecified atom stereocenters. The first kappa shape index (κ1) is 36.7. The van der Waals surface area contributed by atoms with Crippen molar-refractivity contribution < 1.29 is 51.8 Å². The number of anilines is 2. The molecular formula is C26H34N8O13P2. The second kappa shape index (κ2) is 12.3. The third-order valence-corrected chi connectivity index (χ3v) is 11.6. The molecule has 6 heterocycles. The van der Waals surface area contributed by atoms with Gasteiger partial charge in [0.05, 0.1) is 19.4 Å². The van der Waals surface area contributed by atoms with E-state index in [4.69, 9.17) is 34.5 Å². The van der Waals surface area contributed by atoms with Gasteiger partial charge in [0.25, 0.3) is 11.4 Å². The van der Waals surface area contributed by atoms with Crippen LogP contribution in [0.1, 0.15) is 27.7 Å². The highest BCUT2D eigenvalue weighted by molar-refractivity contribution is 7.53. The van der Waals surface area contributed by atoms with Gasteiger partial charge in [0.2, 0.25) is 0 Å². The van der Waals surface area contributed by atoms with Crippen LogP contribution in [0.4, 0.5) is 11.6 Å². The minimum Gasteiger partial charge on any atom is -0.383 e. The Kier molecular flexibility index (Phi) is 9.25. The van der Waals surface area contributed by atoms with Crippen LogP contribution in [0.25, 0.3) is 0 Å². The molecule has 6 rings (SSSR count). The van der Waals surface area contributed by atoms with Crippen LogP contribution in [-0.2, 0) is 48.1 Å². The summed E-state index contributed by atoms with van der Waals surface area (Å²) in [4.78, 5) is 40.8. The second-order valence-electron chi connectivity index (χ2n) is 12.4. The van der Waals surface area contributed by atoms with Crippen molar-refractivity contribution in [1.29, 1.82) is 10.5 Å². The molecule has 21 nitrogen and oxygen atoms in total. The molecule has 0 bridgehead atoms. The molecule has 4 aliphatic rings. The number of nitrogens with two attached hydrogens (primary N) is 2. The number of nitriles is 2. The van der Waals surface area contributed by atoms with Crippen molar-refractivity contribution in [2.45, 2.75) is 74.8 Å². The Balaban J connectivity index is 0.000000192. The fraction of sp³-hybridized carbons (Fsp3) is 0.615. The normalized spacial score (nSPS) is 41.1.